The second-order valence-electron chi connectivity index (χ2n) is 3.70. The Balaban J connectivity index is 4.26. The molecule has 0 aliphatic heterocycles. The van der Waals surface area contributed by atoms with Gasteiger partial charge in [0.25, 0.3) is 0 Å². The Kier molecular flexibility index (Phi) is 8.85. The average Bonchev–Trinajstić information content (AvgIpc) is 2.29. The maximum atomic E-state index is 11.9. The predicted octanol–water partition coefficient (Wildman–Crippen LogP) is 0.771. The van der Waals surface area contributed by atoms with Crippen LogP contribution in [0.15, 0.2) is 12.7 Å². The number of aliphatic hydroxyl groups excluding tert-OH is 1. The Morgan fingerprint density at radius 1 is 1.50 bits per heavy atom. The van der Waals surface area contributed by atoms with E-state index < -0.39 is 0 Å². The molecule has 0 aliphatic carbocycles. The van der Waals surface area contributed by atoms with Gasteiger partial charge in [-0.3, -0.25) is 4.79 Å². The van der Waals surface area contributed by atoms with E-state index in [0.717, 1.165) is 12.8 Å². The van der Waals surface area contributed by atoms with E-state index >= 15 is 0 Å². The molecule has 0 aromatic rings. The van der Waals surface area contributed by atoms with Crippen molar-refractivity contribution in [3.05, 3.63) is 12.7 Å². The first-order valence-electron chi connectivity index (χ1n) is 5.93. The van der Waals surface area contributed by atoms with E-state index in [-0.39, 0.29) is 18.6 Å². The minimum Gasteiger partial charge on any atom is -0.395 e. The zero-order valence-corrected chi connectivity index (χ0v) is 10.4. The standard InChI is InChI=1S/C12H24N2O2/c1-4-7-13-10-12(16)14(8-9-15)11(5-2)6-3/h4,11,13,15H,1,5-10H2,2-3H3. The van der Waals surface area contributed by atoms with Crippen LogP contribution in [0.4, 0.5) is 0 Å². The smallest absolute Gasteiger partial charge is 0.236 e. The molecular weight excluding hydrogens is 204 g/mol. The second kappa shape index (κ2) is 9.36. The zero-order valence-electron chi connectivity index (χ0n) is 10.4. The molecule has 4 nitrogen and oxygen atoms in total. The summed E-state index contributed by atoms with van der Waals surface area (Å²) >= 11 is 0. The van der Waals surface area contributed by atoms with E-state index in [4.69, 9.17) is 5.11 Å². The molecule has 0 rings (SSSR count). The molecule has 0 atom stereocenters. The van der Waals surface area contributed by atoms with Crippen LogP contribution < -0.4 is 5.32 Å². The molecule has 94 valence electrons. The highest BCUT2D eigenvalue weighted by atomic mass is 16.3. The van der Waals surface area contributed by atoms with Crippen molar-refractivity contribution >= 4 is 5.91 Å². The normalized spacial score (nSPS) is 10.5. The van der Waals surface area contributed by atoms with Gasteiger partial charge >= 0.3 is 0 Å². The Morgan fingerprint density at radius 2 is 2.12 bits per heavy atom. The maximum absolute atomic E-state index is 11.9. The summed E-state index contributed by atoms with van der Waals surface area (Å²) in [6.07, 6.45) is 3.56. The molecule has 0 saturated heterocycles. The fraction of sp³-hybridized carbons (Fsp3) is 0.750. The van der Waals surface area contributed by atoms with Crippen LogP contribution in [0.25, 0.3) is 0 Å². The largest absolute Gasteiger partial charge is 0.395 e. The highest BCUT2D eigenvalue weighted by molar-refractivity contribution is 5.78. The summed E-state index contributed by atoms with van der Waals surface area (Å²) in [4.78, 5) is 13.6. The van der Waals surface area contributed by atoms with Crippen molar-refractivity contribution in [2.24, 2.45) is 0 Å². The van der Waals surface area contributed by atoms with E-state index in [1.165, 1.54) is 0 Å². The van der Waals surface area contributed by atoms with Crippen molar-refractivity contribution in [1.82, 2.24) is 10.2 Å². The van der Waals surface area contributed by atoms with Crippen LogP contribution in [0, 0.1) is 0 Å². The van der Waals surface area contributed by atoms with Crippen LogP contribution in [-0.2, 0) is 4.79 Å². The number of amides is 1. The van der Waals surface area contributed by atoms with E-state index in [0.29, 0.717) is 19.6 Å². The number of carbonyl (C=O) groups is 1. The van der Waals surface area contributed by atoms with Crippen molar-refractivity contribution in [3.63, 3.8) is 0 Å². The quantitative estimate of drug-likeness (QED) is 0.453. The van der Waals surface area contributed by atoms with Crippen LogP contribution >= 0.6 is 0 Å². The molecular formula is C12H24N2O2. The summed E-state index contributed by atoms with van der Waals surface area (Å²) in [5.74, 6) is 0.0459. The molecule has 0 aromatic carbocycles. The molecule has 0 spiro atoms. The van der Waals surface area contributed by atoms with Crippen molar-refractivity contribution in [2.45, 2.75) is 32.7 Å². The Morgan fingerprint density at radius 3 is 2.56 bits per heavy atom. The third-order valence-corrected chi connectivity index (χ3v) is 2.61. The van der Waals surface area contributed by atoms with Gasteiger partial charge in [0.2, 0.25) is 5.91 Å². The molecule has 0 fully saturated rings. The molecule has 0 heterocycles. The molecule has 16 heavy (non-hydrogen) atoms. The summed E-state index contributed by atoms with van der Waals surface area (Å²) in [5, 5.41) is 12.0. The number of rotatable bonds is 9. The second-order valence-corrected chi connectivity index (χ2v) is 3.70. The minimum absolute atomic E-state index is 0.0176. The van der Waals surface area contributed by atoms with Crippen LogP contribution in [0.2, 0.25) is 0 Å². The van der Waals surface area contributed by atoms with Crippen LogP contribution in [-0.4, -0.2) is 48.2 Å². The monoisotopic (exact) mass is 228 g/mol. The Bertz CT molecular complexity index is 203. The number of carbonyl (C=O) groups excluding carboxylic acids is 1. The topological polar surface area (TPSA) is 52.6 Å². The molecule has 0 saturated carbocycles. The number of nitrogens with one attached hydrogen (secondary N) is 1. The molecule has 1 amide bonds. The number of hydrogen-bond donors (Lipinski definition) is 2. The van der Waals surface area contributed by atoms with E-state index in [1.54, 1.807) is 11.0 Å². The summed E-state index contributed by atoms with van der Waals surface area (Å²) in [6.45, 7) is 9.07. The zero-order chi connectivity index (χ0) is 12.4. The Hall–Kier alpha value is -0.870. The van der Waals surface area contributed by atoms with Crippen molar-refractivity contribution < 1.29 is 9.90 Å². The highest BCUT2D eigenvalue weighted by Crippen LogP contribution is 2.08. The van der Waals surface area contributed by atoms with Gasteiger partial charge < -0.3 is 15.3 Å². The highest BCUT2D eigenvalue weighted by Gasteiger charge is 2.19. The van der Waals surface area contributed by atoms with E-state index in [1.807, 2.05) is 0 Å². The van der Waals surface area contributed by atoms with Crippen LogP contribution in [0.5, 0.6) is 0 Å². The Labute approximate surface area is 98.3 Å². The summed E-state index contributed by atoms with van der Waals surface area (Å²) in [6, 6.07) is 0.227. The molecule has 0 radical (unpaired) electrons. The van der Waals surface area contributed by atoms with Gasteiger partial charge in [-0.2, -0.15) is 0 Å². The van der Waals surface area contributed by atoms with Gasteiger partial charge in [0, 0.05) is 19.1 Å². The first-order chi connectivity index (χ1) is 7.71. The average molecular weight is 228 g/mol. The first-order valence-corrected chi connectivity index (χ1v) is 5.93. The summed E-state index contributed by atoms with van der Waals surface area (Å²) < 4.78 is 0. The lowest BCUT2D eigenvalue weighted by atomic mass is 10.1. The fourth-order valence-corrected chi connectivity index (χ4v) is 1.73. The van der Waals surface area contributed by atoms with Crippen molar-refractivity contribution in [3.8, 4) is 0 Å². The third kappa shape index (κ3) is 5.28. The van der Waals surface area contributed by atoms with Crippen molar-refractivity contribution in [2.75, 3.05) is 26.2 Å². The van der Waals surface area contributed by atoms with Gasteiger partial charge in [-0.05, 0) is 12.8 Å². The number of nitrogens with zero attached hydrogens (tertiary/aromatic N) is 1. The summed E-state index contributed by atoms with van der Waals surface area (Å²) in [5.41, 5.74) is 0. The van der Waals surface area contributed by atoms with Crippen LogP contribution in [0.1, 0.15) is 26.7 Å². The maximum Gasteiger partial charge on any atom is 0.236 e. The molecule has 0 bridgehead atoms. The van der Waals surface area contributed by atoms with Gasteiger partial charge in [0.15, 0.2) is 0 Å². The van der Waals surface area contributed by atoms with E-state index in [9.17, 15) is 4.79 Å². The van der Waals surface area contributed by atoms with Gasteiger partial charge in [0.05, 0.1) is 13.2 Å². The SMILES string of the molecule is C=CCNCC(=O)N(CCO)C(CC)CC. The lowest BCUT2D eigenvalue weighted by Gasteiger charge is -2.30. The molecule has 0 aromatic heterocycles. The molecule has 0 unspecified atom stereocenters. The van der Waals surface area contributed by atoms with Gasteiger partial charge in [0.1, 0.15) is 0 Å². The van der Waals surface area contributed by atoms with E-state index in [2.05, 4.69) is 25.7 Å². The fourth-order valence-electron chi connectivity index (χ4n) is 1.73. The summed E-state index contributed by atoms with van der Waals surface area (Å²) in [7, 11) is 0. The predicted molar refractivity (Wildman–Crippen MR) is 66.2 cm³/mol. The first kappa shape index (κ1) is 15.1. The lowest BCUT2D eigenvalue weighted by Crippen LogP contribution is -2.45. The minimum atomic E-state index is 0.0176. The third-order valence-electron chi connectivity index (χ3n) is 2.61. The van der Waals surface area contributed by atoms with Gasteiger partial charge in [-0.1, -0.05) is 19.9 Å². The number of aliphatic hydroxyl groups is 1. The van der Waals surface area contributed by atoms with Gasteiger partial charge in [-0.15, -0.1) is 6.58 Å². The molecule has 4 heteroatoms. The number of hydrogen-bond acceptors (Lipinski definition) is 3. The van der Waals surface area contributed by atoms with Crippen molar-refractivity contribution in [1.29, 1.82) is 0 Å². The lowest BCUT2D eigenvalue weighted by molar-refractivity contribution is -0.133. The molecule has 2 N–H and O–H groups in total. The molecule has 0 aliphatic rings. The van der Waals surface area contributed by atoms with Gasteiger partial charge in [-0.25, -0.2) is 0 Å². The van der Waals surface area contributed by atoms with Crippen LogP contribution in [0.3, 0.4) is 0 Å².